The number of thiophene rings is 1. The summed E-state index contributed by atoms with van der Waals surface area (Å²) in [6.07, 6.45) is 2.38. The Bertz CT molecular complexity index is 1060. The molecule has 0 bridgehead atoms. The molecule has 1 aliphatic rings. The summed E-state index contributed by atoms with van der Waals surface area (Å²) in [5, 5.41) is 5.55. The highest BCUT2D eigenvalue weighted by molar-refractivity contribution is 7.10. The highest BCUT2D eigenvalue weighted by atomic mass is 35.5. The van der Waals surface area contributed by atoms with E-state index in [9.17, 15) is 9.59 Å². The van der Waals surface area contributed by atoms with Crippen molar-refractivity contribution in [3.63, 3.8) is 0 Å². The third-order valence-corrected chi connectivity index (χ3v) is 6.45. The first-order valence-electron chi connectivity index (χ1n) is 9.63. The second-order valence-electron chi connectivity index (χ2n) is 7.39. The van der Waals surface area contributed by atoms with Crippen LogP contribution in [0.5, 0.6) is 0 Å². The summed E-state index contributed by atoms with van der Waals surface area (Å²) in [5.74, 6) is -0.287. The number of benzene rings is 1. The van der Waals surface area contributed by atoms with Crippen LogP contribution >= 0.6 is 23.7 Å². The molecule has 3 heterocycles. The Labute approximate surface area is 180 Å². The Kier molecular flexibility index (Phi) is 6.77. The van der Waals surface area contributed by atoms with Gasteiger partial charge in [0.2, 0.25) is 0 Å². The van der Waals surface area contributed by atoms with Crippen molar-refractivity contribution in [2.75, 3.05) is 19.6 Å². The monoisotopic (exact) mass is 432 g/mol. The minimum Gasteiger partial charge on any atom is -0.451 e. The number of nitrogens with zero attached hydrogens (tertiary/aromatic N) is 1. The molecule has 2 aromatic heterocycles. The zero-order chi connectivity index (χ0) is 19.7. The van der Waals surface area contributed by atoms with Crippen LogP contribution in [0, 0.1) is 13.8 Å². The van der Waals surface area contributed by atoms with E-state index in [1.165, 1.54) is 23.8 Å². The molecule has 1 saturated heterocycles. The maximum Gasteiger partial charge on any atom is 0.287 e. The molecule has 0 aliphatic carbocycles. The van der Waals surface area contributed by atoms with Gasteiger partial charge in [-0.1, -0.05) is 6.07 Å². The topological polar surface area (TPSA) is 62.6 Å². The fraction of sp³-hybridized carbons (Fsp3) is 0.364. The lowest BCUT2D eigenvalue weighted by molar-refractivity contribution is 0.0911. The van der Waals surface area contributed by atoms with Gasteiger partial charge in [0.25, 0.3) is 5.91 Å². The van der Waals surface area contributed by atoms with Gasteiger partial charge >= 0.3 is 0 Å². The van der Waals surface area contributed by atoms with Crippen LogP contribution in [-0.4, -0.2) is 30.4 Å². The molecule has 3 aromatic rings. The third kappa shape index (κ3) is 4.55. The first-order chi connectivity index (χ1) is 13.5. The summed E-state index contributed by atoms with van der Waals surface area (Å²) in [6.45, 7) is 6.50. The van der Waals surface area contributed by atoms with Gasteiger partial charge in [-0.25, -0.2) is 0 Å². The van der Waals surface area contributed by atoms with Crippen molar-refractivity contribution in [3.8, 4) is 0 Å². The molecule has 0 saturated carbocycles. The fourth-order valence-electron chi connectivity index (χ4n) is 3.74. The lowest BCUT2D eigenvalue weighted by Gasteiger charge is -2.26. The van der Waals surface area contributed by atoms with Crippen LogP contribution in [0.25, 0.3) is 11.0 Å². The second-order valence-corrected chi connectivity index (χ2v) is 8.37. The van der Waals surface area contributed by atoms with Crippen LogP contribution in [0.1, 0.15) is 45.4 Å². The first-order valence-corrected chi connectivity index (χ1v) is 10.5. The summed E-state index contributed by atoms with van der Waals surface area (Å²) >= 11 is 1.71. The predicted molar refractivity (Wildman–Crippen MR) is 119 cm³/mol. The number of nitrogens with one attached hydrogen (secondary N) is 1. The lowest BCUT2D eigenvalue weighted by atomic mass is 10.1. The molecule has 1 fully saturated rings. The van der Waals surface area contributed by atoms with Gasteiger partial charge in [-0.2, -0.15) is 0 Å². The van der Waals surface area contributed by atoms with E-state index < -0.39 is 0 Å². The Morgan fingerprint density at radius 3 is 2.62 bits per heavy atom. The zero-order valence-electron chi connectivity index (χ0n) is 16.6. The SMILES string of the molecule is Cc1cc2oc(C(=O)NCC(c3cccs3)N3CCCC3)cc(=O)c2cc1C.Cl. The van der Waals surface area contributed by atoms with Crippen molar-refractivity contribution in [2.45, 2.75) is 32.7 Å². The van der Waals surface area contributed by atoms with Gasteiger partial charge in [-0.15, -0.1) is 23.7 Å². The number of aryl methyl sites for hydroxylation is 2. The number of carbonyl (C=O) groups excluding carboxylic acids is 1. The van der Waals surface area contributed by atoms with Crippen molar-refractivity contribution in [2.24, 2.45) is 0 Å². The summed E-state index contributed by atoms with van der Waals surface area (Å²) in [7, 11) is 0. The van der Waals surface area contributed by atoms with Gasteiger partial charge < -0.3 is 9.73 Å². The zero-order valence-corrected chi connectivity index (χ0v) is 18.2. The maximum atomic E-state index is 12.7. The van der Waals surface area contributed by atoms with E-state index in [-0.39, 0.29) is 35.5 Å². The predicted octanol–water partition coefficient (Wildman–Crippen LogP) is 4.46. The van der Waals surface area contributed by atoms with E-state index in [2.05, 4.69) is 21.7 Å². The van der Waals surface area contributed by atoms with Gasteiger partial charge in [-0.3, -0.25) is 14.5 Å². The number of fused-ring (bicyclic) bond motifs is 1. The van der Waals surface area contributed by atoms with E-state index in [1.54, 1.807) is 11.3 Å². The Morgan fingerprint density at radius 2 is 1.93 bits per heavy atom. The number of amides is 1. The third-order valence-electron chi connectivity index (χ3n) is 5.48. The molecule has 0 radical (unpaired) electrons. The standard InChI is InChI=1S/C22H24N2O3S.ClH/c1-14-10-16-18(25)12-20(27-19(16)11-15(14)2)22(26)23-13-17(21-6-5-9-28-21)24-7-3-4-8-24;/h5-6,9-12,17H,3-4,7-8,13H2,1-2H3,(H,23,26);1H. The summed E-state index contributed by atoms with van der Waals surface area (Å²) in [4.78, 5) is 28.8. The van der Waals surface area contributed by atoms with E-state index in [4.69, 9.17) is 4.42 Å². The van der Waals surface area contributed by atoms with Crippen LogP contribution in [0.15, 0.2) is 44.9 Å². The smallest absolute Gasteiger partial charge is 0.287 e. The number of hydrogen-bond donors (Lipinski definition) is 1. The summed E-state index contributed by atoms with van der Waals surface area (Å²) < 4.78 is 5.77. The maximum absolute atomic E-state index is 12.7. The van der Waals surface area contributed by atoms with Crippen LogP contribution in [-0.2, 0) is 0 Å². The fourth-order valence-corrected chi connectivity index (χ4v) is 4.60. The van der Waals surface area contributed by atoms with E-state index >= 15 is 0 Å². The highest BCUT2D eigenvalue weighted by Gasteiger charge is 2.25. The highest BCUT2D eigenvalue weighted by Crippen LogP contribution is 2.28. The summed E-state index contributed by atoms with van der Waals surface area (Å²) in [5.41, 5.74) is 2.32. The molecular weight excluding hydrogens is 408 g/mol. The van der Waals surface area contributed by atoms with Crippen LogP contribution in [0.4, 0.5) is 0 Å². The minimum atomic E-state index is -0.349. The number of carbonyl (C=O) groups is 1. The Hall–Kier alpha value is -2.15. The van der Waals surface area contributed by atoms with Crippen LogP contribution < -0.4 is 10.7 Å². The Balaban J connectivity index is 0.00000240. The van der Waals surface area contributed by atoms with E-state index in [0.29, 0.717) is 17.5 Å². The van der Waals surface area contributed by atoms with E-state index in [1.807, 2.05) is 32.0 Å². The number of likely N-dealkylation sites (tertiary alicyclic amines) is 1. The number of rotatable bonds is 5. The molecule has 1 aromatic carbocycles. The molecule has 1 atom stereocenters. The molecule has 1 aliphatic heterocycles. The molecule has 1 unspecified atom stereocenters. The summed E-state index contributed by atoms with van der Waals surface area (Å²) in [6, 6.07) is 9.24. The van der Waals surface area contributed by atoms with Gasteiger partial charge in [0.1, 0.15) is 5.58 Å². The minimum absolute atomic E-state index is 0. The Morgan fingerprint density at radius 1 is 1.21 bits per heavy atom. The average molecular weight is 433 g/mol. The normalized spacial score (nSPS) is 15.2. The second kappa shape index (κ2) is 9.11. The first kappa shape index (κ1) is 21.6. The lowest BCUT2D eigenvalue weighted by Crippen LogP contribution is -2.36. The number of halogens is 1. The quantitative estimate of drug-likeness (QED) is 0.646. The molecule has 154 valence electrons. The molecule has 5 nitrogen and oxygen atoms in total. The van der Waals surface area contributed by atoms with E-state index in [0.717, 1.165) is 24.2 Å². The molecule has 29 heavy (non-hydrogen) atoms. The molecule has 0 spiro atoms. The van der Waals surface area contributed by atoms with Gasteiger partial charge in [-0.05, 0) is 74.5 Å². The molecule has 7 heteroatoms. The number of hydrogen-bond acceptors (Lipinski definition) is 5. The molecular formula is C22H25ClN2O3S. The van der Waals surface area contributed by atoms with Crippen molar-refractivity contribution < 1.29 is 9.21 Å². The van der Waals surface area contributed by atoms with Gasteiger partial charge in [0.15, 0.2) is 11.2 Å². The molecule has 1 amide bonds. The van der Waals surface area contributed by atoms with Gasteiger partial charge in [0.05, 0.1) is 11.4 Å². The van der Waals surface area contributed by atoms with Gasteiger partial charge in [0, 0.05) is 17.5 Å². The van der Waals surface area contributed by atoms with Crippen molar-refractivity contribution in [1.82, 2.24) is 10.2 Å². The average Bonchev–Trinajstić information content (AvgIpc) is 3.38. The van der Waals surface area contributed by atoms with Crippen molar-refractivity contribution >= 4 is 40.6 Å². The largest absolute Gasteiger partial charge is 0.451 e. The van der Waals surface area contributed by atoms with Crippen molar-refractivity contribution in [1.29, 1.82) is 0 Å². The molecule has 4 rings (SSSR count). The van der Waals surface area contributed by atoms with Crippen LogP contribution in [0.2, 0.25) is 0 Å². The van der Waals surface area contributed by atoms with Crippen molar-refractivity contribution in [3.05, 3.63) is 67.7 Å². The molecule has 1 N–H and O–H groups in total. The van der Waals surface area contributed by atoms with Crippen LogP contribution in [0.3, 0.4) is 0 Å².